The van der Waals surface area contributed by atoms with E-state index in [1.807, 2.05) is 0 Å². The molecule has 2 bridgehead atoms. The lowest BCUT2D eigenvalue weighted by Gasteiger charge is -2.58. The van der Waals surface area contributed by atoms with Gasteiger partial charge in [0.1, 0.15) is 0 Å². The SMILES string of the molecule is O[C@H]1CCCN2C[C@@H]3C[C@@H](CN4CCCC[C@@H]34)[C@@H]12. The van der Waals surface area contributed by atoms with Gasteiger partial charge in [0.15, 0.2) is 0 Å². The molecule has 3 heteroatoms. The fourth-order valence-corrected chi connectivity index (χ4v) is 5.34. The van der Waals surface area contributed by atoms with E-state index in [2.05, 4.69) is 9.80 Å². The summed E-state index contributed by atoms with van der Waals surface area (Å²) in [5.41, 5.74) is 0. The van der Waals surface area contributed by atoms with Crippen molar-refractivity contribution >= 4 is 0 Å². The van der Waals surface area contributed by atoms with Crippen LogP contribution in [0.1, 0.15) is 38.5 Å². The van der Waals surface area contributed by atoms with E-state index in [-0.39, 0.29) is 6.10 Å². The summed E-state index contributed by atoms with van der Waals surface area (Å²) < 4.78 is 0. The number of aliphatic hydroxyl groups excluding tert-OH is 1. The van der Waals surface area contributed by atoms with Crippen molar-refractivity contribution in [3.05, 3.63) is 0 Å². The van der Waals surface area contributed by atoms with Crippen molar-refractivity contribution in [1.29, 1.82) is 0 Å². The topological polar surface area (TPSA) is 26.7 Å². The second-order valence-electron chi connectivity index (χ2n) is 7.01. The van der Waals surface area contributed by atoms with Crippen LogP contribution in [-0.2, 0) is 0 Å². The predicted octanol–water partition coefficient (Wildman–Crippen LogP) is 1.32. The van der Waals surface area contributed by atoms with E-state index < -0.39 is 0 Å². The molecule has 4 rings (SSSR count). The molecule has 1 N–H and O–H groups in total. The Bertz CT molecular complexity index is 322. The quantitative estimate of drug-likeness (QED) is 0.702. The molecule has 4 saturated heterocycles. The highest BCUT2D eigenvalue weighted by Gasteiger charge is 2.48. The number of hydrogen-bond acceptors (Lipinski definition) is 3. The van der Waals surface area contributed by atoms with E-state index in [0.717, 1.165) is 24.3 Å². The molecule has 18 heavy (non-hydrogen) atoms. The smallest absolute Gasteiger partial charge is 0.0699 e. The largest absolute Gasteiger partial charge is 0.391 e. The number of aliphatic hydroxyl groups is 1. The number of hydrogen-bond donors (Lipinski definition) is 1. The molecule has 0 saturated carbocycles. The molecule has 102 valence electrons. The summed E-state index contributed by atoms with van der Waals surface area (Å²) in [6.07, 6.45) is 7.84. The third kappa shape index (κ3) is 1.75. The molecule has 0 aromatic heterocycles. The van der Waals surface area contributed by atoms with Crippen LogP contribution < -0.4 is 0 Å². The first-order valence-corrected chi connectivity index (χ1v) is 7.99. The van der Waals surface area contributed by atoms with Crippen LogP contribution in [0, 0.1) is 11.8 Å². The normalized spacial score (nSPS) is 49.5. The van der Waals surface area contributed by atoms with Crippen molar-refractivity contribution in [3.8, 4) is 0 Å². The maximum absolute atomic E-state index is 10.4. The lowest BCUT2D eigenvalue weighted by Crippen LogP contribution is -2.66. The average molecular weight is 250 g/mol. The lowest BCUT2D eigenvalue weighted by molar-refractivity contribution is -0.111. The van der Waals surface area contributed by atoms with Gasteiger partial charge in [0.2, 0.25) is 0 Å². The lowest BCUT2D eigenvalue weighted by atomic mass is 9.70. The molecule has 0 aromatic carbocycles. The molecule has 0 amide bonds. The predicted molar refractivity (Wildman–Crippen MR) is 71.4 cm³/mol. The van der Waals surface area contributed by atoms with E-state index in [9.17, 15) is 5.11 Å². The van der Waals surface area contributed by atoms with Gasteiger partial charge in [0.25, 0.3) is 0 Å². The maximum atomic E-state index is 10.4. The van der Waals surface area contributed by atoms with Gasteiger partial charge in [-0.15, -0.1) is 0 Å². The van der Waals surface area contributed by atoms with Crippen molar-refractivity contribution in [2.24, 2.45) is 11.8 Å². The van der Waals surface area contributed by atoms with E-state index in [4.69, 9.17) is 0 Å². The Morgan fingerprint density at radius 1 is 0.833 bits per heavy atom. The molecular weight excluding hydrogens is 224 g/mol. The van der Waals surface area contributed by atoms with Crippen LogP contribution in [0.4, 0.5) is 0 Å². The second-order valence-corrected chi connectivity index (χ2v) is 7.01. The summed E-state index contributed by atoms with van der Waals surface area (Å²) in [5, 5.41) is 10.4. The summed E-state index contributed by atoms with van der Waals surface area (Å²) in [6, 6.07) is 1.35. The van der Waals surface area contributed by atoms with E-state index in [1.54, 1.807) is 0 Å². The van der Waals surface area contributed by atoms with E-state index in [0.29, 0.717) is 6.04 Å². The van der Waals surface area contributed by atoms with Gasteiger partial charge in [-0.25, -0.2) is 0 Å². The van der Waals surface area contributed by atoms with Crippen LogP contribution in [0.15, 0.2) is 0 Å². The fraction of sp³-hybridized carbons (Fsp3) is 1.00. The van der Waals surface area contributed by atoms with Crippen LogP contribution >= 0.6 is 0 Å². The first kappa shape index (κ1) is 11.7. The summed E-state index contributed by atoms with van der Waals surface area (Å²) in [4.78, 5) is 5.40. The van der Waals surface area contributed by atoms with Crippen LogP contribution in [0.5, 0.6) is 0 Å². The zero-order valence-corrected chi connectivity index (χ0v) is 11.3. The number of rotatable bonds is 0. The minimum atomic E-state index is -0.0500. The third-order valence-corrected chi connectivity index (χ3v) is 6.00. The molecule has 0 aromatic rings. The Balaban J connectivity index is 1.58. The number of nitrogens with zero attached hydrogens (tertiary/aromatic N) is 2. The highest BCUT2D eigenvalue weighted by molar-refractivity contribution is 5.02. The van der Waals surface area contributed by atoms with Gasteiger partial charge in [-0.3, -0.25) is 9.80 Å². The molecule has 4 heterocycles. The Kier molecular flexibility index (Phi) is 2.90. The molecule has 0 spiro atoms. The molecular formula is C15H26N2O. The zero-order chi connectivity index (χ0) is 12.1. The molecule has 0 radical (unpaired) electrons. The molecule has 5 atom stereocenters. The van der Waals surface area contributed by atoms with Gasteiger partial charge in [0.05, 0.1) is 6.10 Å². The number of fused-ring (bicyclic) bond motifs is 6. The molecule has 0 aliphatic carbocycles. The zero-order valence-electron chi connectivity index (χ0n) is 11.3. The van der Waals surface area contributed by atoms with E-state index in [1.165, 1.54) is 58.3 Å². The fourth-order valence-electron chi connectivity index (χ4n) is 5.34. The summed E-state index contributed by atoms with van der Waals surface area (Å²) in [7, 11) is 0. The highest BCUT2D eigenvalue weighted by atomic mass is 16.3. The van der Waals surface area contributed by atoms with Crippen LogP contribution in [0.2, 0.25) is 0 Å². The molecule has 4 aliphatic rings. The van der Waals surface area contributed by atoms with E-state index >= 15 is 0 Å². The first-order chi connectivity index (χ1) is 8.83. The Morgan fingerprint density at radius 3 is 2.61 bits per heavy atom. The van der Waals surface area contributed by atoms with Gasteiger partial charge >= 0.3 is 0 Å². The first-order valence-electron chi connectivity index (χ1n) is 7.99. The summed E-state index contributed by atoms with van der Waals surface area (Å²) in [5.74, 6) is 1.64. The minimum Gasteiger partial charge on any atom is -0.391 e. The van der Waals surface area contributed by atoms with Crippen LogP contribution in [0.25, 0.3) is 0 Å². The molecule has 0 unspecified atom stereocenters. The van der Waals surface area contributed by atoms with Crippen LogP contribution in [-0.4, -0.2) is 59.3 Å². The van der Waals surface area contributed by atoms with Gasteiger partial charge < -0.3 is 5.11 Å². The monoisotopic (exact) mass is 250 g/mol. The summed E-state index contributed by atoms with van der Waals surface area (Å²) >= 11 is 0. The van der Waals surface area contributed by atoms with Gasteiger partial charge in [-0.2, -0.15) is 0 Å². The van der Waals surface area contributed by atoms with Crippen molar-refractivity contribution < 1.29 is 5.11 Å². The standard InChI is InChI=1S/C15H26N2O/c18-14-5-3-7-17-9-11-8-12(15(14)17)10-16-6-2-1-4-13(11)16/h11-15,18H,1-10H2/t11-,12-,13-,14-,15-/m0/s1. The highest BCUT2D eigenvalue weighted by Crippen LogP contribution is 2.42. The van der Waals surface area contributed by atoms with Gasteiger partial charge in [-0.05, 0) is 57.0 Å². The van der Waals surface area contributed by atoms with Crippen molar-refractivity contribution in [2.45, 2.75) is 56.7 Å². The third-order valence-electron chi connectivity index (χ3n) is 6.00. The second kappa shape index (κ2) is 4.46. The Labute approximate surface area is 110 Å². The van der Waals surface area contributed by atoms with Crippen molar-refractivity contribution in [3.63, 3.8) is 0 Å². The number of piperidine rings is 4. The van der Waals surface area contributed by atoms with Gasteiger partial charge in [0, 0.05) is 25.2 Å². The Hall–Kier alpha value is -0.120. The maximum Gasteiger partial charge on any atom is 0.0699 e. The molecule has 3 nitrogen and oxygen atoms in total. The van der Waals surface area contributed by atoms with Crippen LogP contribution in [0.3, 0.4) is 0 Å². The Morgan fingerprint density at radius 2 is 1.67 bits per heavy atom. The van der Waals surface area contributed by atoms with Crippen molar-refractivity contribution in [2.75, 3.05) is 26.2 Å². The average Bonchev–Trinajstić information content (AvgIpc) is 2.39. The molecule has 4 aliphatic heterocycles. The molecule has 4 fully saturated rings. The minimum absolute atomic E-state index is 0.0500. The van der Waals surface area contributed by atoms with Crippen molar-refractivity contribution in [1.82, 2.24) is 9.80 Å². The van der Waals surface area contributed by atoms with Gasteiger partial charge in [-0.1, -0.05) is 6.42 Å². The summed E-state index contributed by atoms with van der Waals surface area (Å²) in [6.45, 7) is 5.08.